The quantitative estimate of drug-likeness (QED) is 0.634. The van der Waals surface area contributed by atoms with Crippen LogP contribution in [-0.4, -0.2) is 0 Å². The first-order valence-electron chi connectivity index (χ1n) is 5.93. The molecule has 0 fully saturated rings. The molecule has 1 aromatic rings. The lowest BCUT2D eigenvalue weighted by atomic mass is 9.81. The number of hydrogen-bond donors (Lipinski definition) is 0. The van der Waals surface area contributed by atoms with Crippen molar-refractivity contribution >= 4 is 0 Å². The molecule has 0 amide bonds. The molecule has 0 bridgehead atoms. The van der Waals surface area contributed by atoms with E-state index in [2.05, 4.69) is 27.4 Å². The van der Waals surface area contributed by atoms with Crippen molar-refractivity contribution < 1.29 is 13.2 Å². The molecular formula is C15H19F3. The molecule has 1 atom stereocenters. The Morgan fingerprint density at radius 2 is 1.61 bits per heavy atom. The van der Waals surface area contributed by atoms with E-state index in [1.807, 2.05) is 0 Å². The highest BCUT2D eigenvalue weighted by atomic mass is 19.4. The third-order valence-corrected chi connectivity index (χ3v) is 2.78. The van der Waals surface area contributed by atoms with Gasteiger partial charge in [-0.2, -0.15) is 13.2 Å². The fraction of sp³-hybridized carbons (Fsp3) is 0.467. The number of halogens is 3. The van der Waals surface area contributed by atoms with Crippen LogP contribution in [0.5, 0.6) is 0 Å². The maximum Gasteiger partial charge on any atom is 0.416 e. The Kier molecular flexibility index (Phi) is 4.25. The minimum Gasteiger partial charge on any atom is -0.166 e. The maximum atomic E-state index is 12.5. The zero-order valence-electron chi connectivity index (χ0n) is 11.0. The molecule has 0 aliphatic carbocycles. The van der Waals surface area contributed by atoms with Crippen molar-refractivity contribution in [2.75, 3.05) is 0 Å². The summed E-state index contributed by atoms with van der Waals surface area (Å²) in [6.45, 7) is 10.1. The van der Waals surface area contributed by atoms with Gasteiger partial charge in [0.05, 0.1) is 5.56 Å². The lowest BCUT2D eigenvalue weighted by Gasteiger charge is -2.24. The third kappa shape index (κ3) is 4.21. The maximum absolute atomic E-state index is 12.5. The molecular weight excluding hydrogens is 237 g/mol. The SMILES string of the molecule is C=CC(CC(C)(C)C)c1ccc(C(F)(F)F)cc1. The largest absolute Gasteiger partial charge is 0.416 e. The Hall–Kier alpha value is -1.25. The number of allylic oxidation sites excluding steroid dienone is 1. The first-order chi connectivity index (χ1) is 8.13. The summed E-state index contributed by atoms with van der Waals surface area (Å²) < 4.78 is 37.4. The highest BCUT2D eigenvalue weighted by Gasteiger charge is 2.30. The second-order valence-corrected chi connectivity index (χ2v) is 5.73. The molecule has 1 rings (SSSR count). The Morgan fingerprint density at radius 1 is 1.11 bits per heavy atom. The van der Waals surface area contributed by atoms with E-state index in [9.17, 15) is 13.2 Å². The van der Waals surface area contributed by atoms with Gasteiger partial charge in [-0.15, -0.1) is 6.58 Å². The monoisotopic (exact) mass is 256 g/mol. The molecule has 3 heteroatoms. The van der Waals surface area contributed by atoms with Gasteiger partial charge in [-0.1, -0.05) is 39.0 Å². The van der Waals surface area contributed by atoms with Crippen LogP contribution >= 0.6 is 0 Å². The van der Waals surface area contributed by atoms with Gasteiger partial charge in [0.2, 0.25) is 0 Å². The van der Waals surface area contributed by atoms with E-state index in [-0.39, 0.29) is 11.3 Å². The van der Waals surface area contributed by atoms with Crippen molar-refractivity contribution in [1.82, 2.24) is 0 Å². The van der Waals surface area contributed by atoms with Crippen LogP contribution in [0.25, 0.3) is 0 Å². The molecule has 1 unspecified atom stereocenters. The molecule has 0 radical (unpaired) electrons. The lowest BCUT2D eigenvalue weighted by molar-refractivity contribution is -0.137. The standard InChI is InChI=1S/C15H19F3/c1-5-11(10-14(2,3)4)12-6-8-13(9-7-12)15(16,17)18/h5-9,11H,1,10H2,2-4H3. The Labute approximate surface area is 107 Å². The minimum absolute atomic E-state index is 0.0901. The van der Waals surface area contributed by atoms with Crippen LogP contribution in [0.2, 0.25) is 0 Å². The molecule has 100 valence electrons. The normalized spacial score (nSPS) is 14.3. The predicted molar refractivity (Wildman–Crippen MR) is 68.5 cm³/mol. The van der Waals surface area contributed by atoms with E-state index in [1.54, 1.807) is 18.2 Å². The molecule has 0 aromatic heterocycles. The fourth-order valence-corrected chi connectivity index (χ4v) is 1.92. The van der Waals surface area contributed by atoms with Crippen LogP contribution in [-0.2, 0) is 6.18 Å². The molecule has 0 N–H and O–H groups in total. The predicted octanol–water partition coefficient (Wildman–Crippen LogP) is 5.41. The average molecular weight is 256 g/mol. The lowest BCUT2D eigenvalue weighted by Crippen LogP contribution is -2.11. The van der Waals surface area contributed by atoms with Crippen molar-refractivity contribution in [2.24, 2.45) is 5.41 Å². The van der Waals surface area contributed by atoms with Crippen molar-refractivity contribution in [2.45, 2.75) is 39.3 Å². The van der Waals surface area contributed by atoms with Crippen LogP contribution in [0.1, 0.15) is 44.2 Å². The number of rotatable bonds is 3. The minimum atomic E-state index is -4.27. The fourth-order valence-electron chi connectivity index (χ4n) is 1.92. The number of alkyl halides is 3. The summed E-state index contributed by atoms with van der Waals surface area (Å²) in [7, 11) is 0. The number of hydrogen-bond acceptors (Lipinski definition) is 0. The second kappa shape index (κ2) is 5.17. The Balaban J connectivity index is 2.92. The summed E-state index contributed by atoms with van der Waals surface area (Å²) in [6.07, 6.45) is -1.61. The van der Waals surface area contributed by atoms with Crippen molar-refractivity contribution in [3.05, 3.63) is 48.0 Å². The van der Waals surface area contributed by atoms with Gasteiger partial charge in [0.15, 0.2) is 0 Å². The van der Waals surface area contributed by atoms with Crippen LogP contribution in [0.4, 0.5) is 13.2 Å². The van der Waals surface area contributed by atoms with Crippen LogP contribution in [0.15, 0.2) is 36.9 Å². The summed E-state index contributed by atoms with van der Waals surface area (Å²) >= 11 is 0. The van der Waals surface area contributed by atoms with Gasteiger partial charge in [0, 0.05) is 5.92 Å². The summed E-state index contributed by atoms with van der Waals surface area (Å²) in [5.41, 5.74) is 0.388. The smallest absolute Gasteiger partial charge is 0.166 e. The van der Waals surface area contributed by atoms with Gasteiger partial charge in [0.1, 0.15) is 0 Å². The summed E-state index contributed by atoms with van der Waals surface area (Å²) in [5, 5.41) is 0. The molecule has 0 nitrogen and oxygen atoms in total. The Morgan fingerprint density at radius 3 is 1.94 bits per heavy atom. The molecule has 1 aromatic carbocycles. The molecule has 18 heavy (non-hydrogen) atoms. The van der Waals surface area contributed by atoms with Crippen LogP contribution < -0.4 is 0 Å². The van der Waals surface area contributed by atoms with Gasteiger partial charge in [-0.25, -0.2) is 0 Å². The number of benzene rings is 1. The summed E-state index contributed by atoms with van der Waals surface area (Å²) in [4.78, 5) is 0. The van der Waals surface area contributed by atoms with E-state index in [0.717, 1.165) is 24.1 Å². The van der Waals surface area contributed by atoms with Crippen LogP contribution in [0, 0.1) is 5.41 Å². The first kappa shape index (κ1) is 14.8. The summed E-state index contributed by atoms with van der Waals surface area (Å²) in [6, 6.07) is 5.35. The topological polar surface area (TPSA) is 0 Å². The Bertz CT molecular complexity index is 393. The van der Waals surface area contributed by atoms with Gasteiger partial charge < -0.3 is 0 Å². The second-order valence-electron chi connectivity index (χ2n) is 5.73. The molecule has 0 heterocycles. The zero-order valence-corrected chi connectivity index (χ0v) is 11.0. The highest BCUT2D eigenvalue weighted by molar-refractivity contribution is 5.29. The van der Waals surface area contributed by atoms with E-state index in [0.29, 0.717) is 0 Å². The molecule has 0 aliphatic rings. The van der Waals surface area contributed by atoms with Crippen molar-refractivity contribution in [1.29, 1.82) is 0 Å². The molecule has 0 saturated heterocycles. The first-order valence-corrected chi connectivity index (χ1v) is 5.93. The van der Waals surface area contributed by atoms with Gasteiger partial charge in [-0.3, -0.25) is 0 Å². The van der Waals surface area contributed by atoms with E-state index < -0.39 is 11.7 Å². The summed E-state index contributed by atoms with van der Waals surface area (Å²) in [5.74, 6) is 0.0901. The molecule has 0 aliphatic heterocycles. The average Bonchev–Trinajstić information content (AvgIpc) is 2.24. The molecule has 0 spiro atoms. The van der Waals surface area contributed by atoms with Crippen molar-refractivity contribution in [3.63, 3.8) is 0 Å². The van der Waals surface area contributed by atoms with Gasteiger partial charge in [-0.05, 0) is 29.5 Å². The van der Waals surface area contributed by atoms with Crippen molar-refractivity contribution in [3.8, 4) is 0 Å². The van der Waals surface area contributed by atoms with E-state index in [4.69, 9.17) is 0 Å². The van der Waals surface area contributed by atoms with E-state index in [1.165, 1.54) is 0 Å². The van der Waals surface area contributed by atoms with Crippen LogP contribution in [0.3, 0.4) is 0 Å². The zero-order chi connectivity index (χ0) is 14.0. The van der Waals surface area contributed by atoms with E-state index >= 15 is 0 Å². The van der Waals surface area contributed by atoms with Gasteiger partial charge >= 0.3 is 6.18 Å². The highest BCUT2D eigenvalue weighted by Crippen LogP contribution is 2.34. The third-order valence-electron chi connectivity index (χ3n) is 2.78. The van der Waals surface area contributed by atoms with Gasteiger partial charge in [0.25, 0.3) is 0 Å². The molecule has 0 saturated carbocycles.